The Labute approximate surface area is 151 Å². The Morgan fingerprint density at radius 1 is 1.25 bits per heavy atom. The molecule has 0 saturated carbocycles. The van der Waals surface area contributed by atoms with Gasteiger partial charge in [-0.3, -0.25) is 15.0 Å². The number of nitrogens with zero attached hydrogens (tertiary/aromatic N) is 1. The highest BCUT2D eigenvalue weighted by molar-refractivity contribution is 7.90. The van der Waals surface area contributed by atoms with Crippen molar-refractivity contribution >= 4 is 44.9 Å². The topological polar surface area (TPSA) is 95.6 Å². The number of carbonyl (C=O) groups excluding carboxylic acids is 2. The Bertz CT molecular complexity index is 723. The van der Waals surface area contributed by atoms with Gasteiger partial charge >= 0.3 is 0 Å². The lowest BCUT2D eigenvalue weighted by Gasteiger charge is -2.21. The third kappa shape index (κ3) is 7.04. The first kappa shape index (κ1) is 20.7. The van der Waals surface area contributed by atoms with Gasteiger partial charge < -0.3 is 5.32 Å². The van der Waals surface area contributed by atoms with E-state index in [0.717, 1.165) is 6.26 Å². The van der Waals surface area contributed by atoms with Gasteiger partial charge in [0, 0.05) is 25.4 Å². The molecular weight excluding hydrogens is 377 g/mol. The van der Waals surface area contributed by atoms with Gasteiger partial charge in [-0.2, -0.15) is 0 Å². The number of benzene rings is 1. The molecular formula is C14H19Cl2N3O4S. The van der Waals surface area contributed by atoms with Gasteiger partial charge in [-0.25, -0.2) is 13.4 Å². The van der Waals surface area contributed by atoms with Crippen molar-refractivity contribution < 1.29 is 18.0 Å². The van der Waals surface area contributed by atoms with Crippen molar-refractivity contribution in [1.29, 1.82) is 0 Å². The van der Waals surface area contributed by atoms with Gasteiger partial charge in [0.15, 0.2) is 0 Å². The van der Waals surface area contributed by atoms with Crippen LogP contribution in [0, 0.1) is 0 Å². The number of hydrogen-bond acceptors (Lipinski definition) is 5. The SMILES string of the molecule is CN(C)NC(=O)[C@H](CCS(C)(=O)=O)NC(=O)c1ccc(Cl)cc1Cl. The Kier molecular flexibility index (Phi) is 7.47. The Morgan fingerprint density at radius 3 is 2.38 bits per heavy atom. The van der Waals surface area contributed by atoms with Crippen LogP contribution >= 0.6 is 23.2 Å². The molecule has 0 aliphatic heterocycles. The molecule has 0 aromatic heterocycles. The van der Waals surface area contributed by atoms with E-state index in [4.69, 9.17) is 23.2 Å². The fourth-order valence-electron chi connectivity index (χ4n) is 1.81. The molecule has 2 amide bonds. The van der Waals surface area contributed by atoms with E-state index in [9.17, 15) is 18.0 Å². The van der Waals surface area contributed by atoms with Crippen molar-refractivity contribution in [2.45, 2.75) is 12.5 Å². The summed E-state index contributed by atoms with van der Waals surface area (Å²) in [4.78, 5) is 24.5. The average Bonchev–Trinajstić information content (AvgIpc) is 2.41. The van der Waals surface area contributed by atoms with Crippen LogP contribution in [0.3, 0.4) is 0 Å². The van der Waals surface area contributed by atoms with Crippen molar-refractivity contribution in [2.75, 3.05) is 26.1 Å². The fraction of sp³-hybridized carbons (Fsp3) is 0.429. The smallest absolute Gasteiger partial charge is 0.256 e. The summed E-state index contributed by atoms with van der Waals surface area (Å²) >= 11 is 11.8. The van der Waals surface area contributed by atoms with Crippen molar-refractivity contribution in [3.63, 3.8) is 0 Å². The second-order valence-corrected chi connectivity index (χ2v) is 8.54. The highest BCUT2D eigenvalue weighted by Crippen LogP contribution is 2.21. The second-order valence-electron chi connectivity index (χ2n) is 5.44. The highest BCUT2D eigenvalue weighted by atomic mass is 35.5. The largest absolute Gasteiger partial charge is 0.340 e. The molecule has 24 heavy (non-hydrogen) atoms. The minimum atomic E-state index is -3.28. The van der Waals surface area contributed by atoms with Crippen LogP contribution in [-0.4, -0.2) is 57.4 Å². The number of hydrazine groups is 1. The molecule has 0 aliphatic rings. The lowest BCUT2D eigenvalue weighted by molar-refractivity contribution is -0.126. The first-order valence-corrected chi connectivity index (χ1v) is 9.72. The standard InChI is InChI=1S/C14H19Cl2N3O4S/c1-19(2)18-14(21)12(6-7-24(3,22)23)17-13(20)10-5-4-9(15)8-11(10)16/h4-5,8,12H,6-7H2,1-3H3,(H,17,20)(H,18,21)/t12-/m0/s1. The van der Waals surface area contributed by atoms with Crippen LogP contribution in [0.25, 0.3) is 0 Å². The zero-order chi connectivity index (χ0) is 18.5. The van der Waals surface area contributed by atoms with Gasteiger partial charge in [0.25, 0.3) is 11.8 Å². The van der Waals surface area contributed by atoms with Gasteiger partial charge in [0.05, 0.1) is 16.3 Å². The van der Waals surface area contributed by atoms with Gasteiger partial charge in [0.1, 0.15) is 15.9 Å². The van der Waals surface area contributed by atoms with E-state index in [2.05, 4.69) is 10.7 Å². The molecule has 0 radical (unpaired) electrons. The molecule has 0 fully saturated rings. The maximum absolute atomic E-state index is 12.3. The molecule has 1 aromatic carbocycles. The molecule has 0 bridgehead atoms. The predicted octanol–water partition coefficient (Wildman–Crippen LogP) is 1.12. The maximum Gasteiger partial charge on any atom is 0.256 e. The van der Waals surface area contributed by atoms with Crippen LogP contribution in [0.15, 0.2) is 18.2 Å². The summed E-state index contributed by atoms with van der Waals surface area (Å²) < 4.78 is 22.7. The molecule has 0 heterocycles. The van der Waals surface area contributed by atoms with E-state index < -0.39 is 27.7 Å². The van der Waals surface area contributed by atoms with E-state index in [1.54, 1.807) is 14.1 Å². The Morgan fingerprint density at radius 2 is 1.88 bits per heavy atom. The molecule has 1 atom stereocenters. The molecule has 1 rings (SSSR count). The van der Waals surface area contributed by atoms with Crippen LogP contribution in [0.5, 0.6) is 0 Å². The van der Waals surface area contributed by atoms with E-state index in [0.29, 0.717) is 5.02 Å². The summed E-state index contributed by atoms with van der Waals surface area (Å²) in [5.74, 6) is -1.36. The van der Waals surface area contributed by atoms with Crippen molar-refractivity contribution in [1.82, 2.24) is 15.8 Å². The van der Waals surface area contributed by atoms with Crippen LogP contribution in [-0.2, 0) is 14.6 Å². The fourth-order valence-corrected chi connectivity index (χ4v) is 2.97. The number of hydrogen-bond donors (Lipinski definition) is 2. The second kappa shape index (κ2) is 8.66. The summed E-state index contributed by atoms with van der Waals surface area (Å²) in [6.45, 7) is 0. The third-order valence-electron chi connectivity index (χ3n) is 2.91. The Balaban J connectivity index is 2.93. The molecule has 0 unspecified atom stereocenters. The summed E-state index contributed by atoms with van der Waals surface area (Å²) in [5, 5.41) is 4.41. The van der Waals surface area contributed by atoms with E-state index in [1.165, 1.54) is 23.2 Å². The normalized spacial score (nSPS) is 12.8. The minimum Gasteiger partial charge on any atom is -0.340 e. The summed E-state index contributed by atoms with van der Waals surface area (Å²) in [6.07, 6.45) is 1.00. The van der Waals surface area contributed by atoms with Gasteiger partial charge in [-0.05, 0) is 24.6 Å². The molecule has 2 N–H and O–H groups in total. The minimum absolute atomic E-state index is 0.0601. The summed E-state index contributed by atoms with van der Waals surface area (Å²) in [5.41, 5.74) is 2.63. The maximum atomic E-state index is 12.3. The van der Waals surface area contributed by atoms with E-state index in [1.807, 2.05) is 0 Å². The first-order chi connectivity index (χ1) is 11.0. The van der Waals surface area contributed by atoms with Crippen LogP contribution in [0.4, 0.5) is 0 Å². The first-order valence-electron chi connectivity index (χ1n) is 6.91. The summed E-state index contributed by atoms with van der Waals surface area (Å²) in [7, 11) is -0.0826. The molecule has 0 aliphatic carbocycles. The lowest BCUT2D eigenvalue weighted by atomic mass is 10.1. The summed E-state index contributed by atoms with van der Waals surface area (Å²) in [6, 6.07) is 3.30. The van der Waals surface area contributed by atoms with Crippen LogP contribution in [0.2, 0.25) is 10.0 Å². The zero-order valence-corrected chi connectivity index (χ0v) is 15.8. The average molecular weight is 396 g/mol. The molecule has 0 saturated heterocycles. The zero-order valence-electron chi connectivity index (χ0n) is 13.5. The third-order valence-corrected chi connectivity index (χ3v) is 4.43. The molecule has 0 spiro atoms. The van der Waals surface area contributed by atoms with E-state index >= 15 is 0 Å². The van der Waals surface area contributed by atoms with Gasteiger partial charge in [-0.1, -0.05) is 23.2 Å². The molecule has 134 valence electrons. The Hall–Kier alpha value is -1.35. The number of sulfone groups is 1. The predicted molar refractivity (Wildman–Crippen MR) is 93.9 cm³/mol. The lowest BCUT2D eigenvalue weighted by Crippen LogP contribution is -2.51. The number of carbonyl (C=O) groups is 2. The van der Waals surface area contributed by atoms with E-state index in [-0.39, 0.29) is 22.8 Å². The number of amides is 2. The number of nitrogens with one attached hydrogen (secondary N) is 2. The van der Waals surface area contributed by atoms with Gasteiger partial charge in [0.2, 0.25) is 0 Å². The van der Waals surface area contributed by atoms with Crippen molar-refractivity contribution in [3.05, 3.63) is 33.8 Å². The molecule has 7 nitrogen and oxygen atoms in total. The molecule has 10 heteroatoms. The van der Waals surface area contributed by atoms with Crippen LogP contribution < -0.4 is 10.7 Å². The number of rotatable bonds is 7. The van der Waals surface area contributed by atoms with Crippen molar-refractivity contribution in [3.8, 4) is 0 Å². The van der Waals surface area contributed by atoms with Crippen molar-refractivity contribution in [2.24, 2.45) is 0 Å². The molecule has 1 aromatic rings. The van der Waals surface area contributed by atoms with Gasteiger partial charge in [-0.15, -0.1) is 0 Å². The number of halogens is 2. The van der Waals surface area contributed by atoms with Crippen LogP contribution in [0.1, 0.15) is 16.8 Å². The quantitative estimate of drug-likeness (QED) is 0.674. The monoisotopic (exact) mass is 395 g/mol. The highest BCUT2D eigenvalue weighted by Gasteiger charge is 2.24.